The van der Waals surface area contributed by atoms with E-state index in [1.165, 1.54) is 0 Å². The standard InChI is InChI=1S/C15H18ClN3O/c1-11(2)10-19-14(7-8-17-19)18-15(20)9-12-3-5-13(16)6-4-12/h3-8,11H,9-10H2,1-2H3,(H,18,20). The highest BCUT2D eigenvalue weighted by atomic mass is 35.5. The summed E-state index contributed by atoms with van der Waals surface area (Å²) in [7, 11) is 0. The first-order valence-electron chi connectivity index (χ1n) is 6.60. The number of hydrogen-bond donors (Lipinski definition) is 1. The molecule has 1 aromatic heterocycles. The lowest BCUT2D eigenvalue weighted by atomic mass is 10.1. The largest absolute Gasteiger partial charge is 0.311 e. The zero-order chi connectivity index (χ0) is 14.5. The van der Waals surface area contributed by atoms with Gasteiger partial charge in [0.25, 0.3) is 0 Å². The summed E-state index contributed by atoms with van der Waals surface area (Å²) >= 11 is 5.82. The minimum atomic E-state index is -0.0576. The Morgan fingerprint density at radius 3 is 2.65 bits per heavy atom. The number of anilines is 1. The van der Waals surface area contributed by atoms with Crippen LogP contribution in [0.4, 0.5) is 5.82 Å². The highest BCUT2D eigenvalue weighted by Crippen LogP contribution is 2.12. The smallest absolute Gasteiger partial charge is 0.229 e. The zero-order valence-corrected chi connectivity index (χ0v) is 12.4. The van der Waals surface area contributed by atoms with E-state index in [0.29, 0.717) is 17.4 Å². The zero-order valence-electron chi connectivity index (χ0n) is 11.6. The van der Waals surface area contributed by atoms with Gasteiger partial charge in [-0.1, -0.05) is 37.6 Å². The maximum atomic E-state index is 12.0. The van der Waals surface area contributed by atoms with Gasteiger partial charge in [0.2, 0.25) is 5.91 Å². The average molecular weight is 292 g/mol. The lowest BCUT2D eigenvalue weighted by Crippen LogP contribution is -2.18. The van der Waals surface area contributed by atoms with Gasteiger partial charge in [0, 0.05) is 17.6 Å². The van der Waals surface area contributed by atoms with Gasteiger partial charge in [-0.15, -0.1) is 0 Å². The van der Waals surface area contributed by atoms with E-state index in [1.807, 2.05) is 22.9 Å². The van der Waals surface area contributed by atoms with Gasteiger partial charge in [0.05, 0.1) is 12.6 Å². The number of nitrogens with one attached hydrogen (secondary N) is 1. The molecular formula is C15H18ClN3O. The molecule has 0 saturated heterocycles. The molecule has 0 fully saturated rings. The Morgan fingerprint density at radius 2 is 2.00 bits per heavy atom. The minimum absolute atomic E-state index is 0.0576. The fourth-order valence-corrected chi connectivity index (χ4v) is 2.03. The Morgan fingerprint density at radius 1 is 1.30 bits per heavy atom. The molecule has 0 aliphatic heterocycles. The summed E-state index contributed by atoms with van der Waals surface area (Å²) in [6.45, 7) is 5.01. The van der Waals surface area contributed by atoms with Crippen molar-refractivity contribution in [1.82, 2.24) is 9.78 Å². The van der Waals surface area contributed by atoms with Gasteiger partial charge in [0.15, 0.2) is 0 Å². The van der Waals surface area contributed by atoms with Crippen molar-refractivity contribution in [2.45, 2.75) is 26.8 Å². The number of carbonyl (C=O) groups excluding carboxylic acids is 1. The molecule has 4 nitrogen and oxygen atoms in total. The molecule has 1 aromatic carbocycles. The Hall–Kier alpha value is -1.81. The molecule has 1 N–H and O–H groups in total. The monoisotopic (exact) mass is 291 g/mol. The molecule has 20 heavy (non-hydrogen) atoms. The van der Waals surface area contributed by atoms with E-state index in [4.69, 9.17) is 11.6 Å². The van der Waals surface area contributed by atoms with Crippen molar-refractivity contribution in [3.63, 3.8) is 0 Å². The van der Waals surface area contributed by atoms with Crippen LogP contribution in [0.15, 0.2) is 36.5 Å². The maximum absolute atomic E-state index is 12.0. The molecule has 1 heterocycles. The Kier molecular flexibility index (Phi) is 4.79. The molecule has 106 valence electrons. The third-order valence-corrected chi connectivity index (χ3v) is 3.05. The van der Waals surface area contributed by atoms with E-state index < -0.39 is 0 Å². The summed E-state index contributed by atoms with van der Waals surface area (Å²) in [5.41, 5.74) is 0.932. The molecule has 0 aliphatic rings. The number of amides is 1. The van der Waals surface area contributed by atoms with E-state index in [-0.39, 0.29) is 5.91 Å². The predicted octanol–water partition coefficient (Wildman–Crippen LogP) is 3.37. The molecule has 0 spiro atoms. The molecule has 2 rings (SSSR count). The van der Waals surface area contributed by atoms with Gasteiger partial charge in [-0.3, -0.25) is 4.79 Å². The number of hydrogen-bond acceptors (Lipinski definition) is 2. The van der Waals surface area contributed by atoms with Crippen molar-refractivity contribution >= 4 is 23.3 Å². The van der Waals surface area contributed by atoms with Crippen molar-refractivity contribution in [1.29, 1.82) is 0 Å². The predicted molar refractivity (Wildman–Crippen MR) is 80.9 cm³/mol. The van der Waals surface area contributed by atoms with Gasteiger partial charge in [-0.25, -0.2) is 4.68 Å². The molecule has 2 aromatic rings. The Balaban J connectivity index is 1.98. The summed E-state index contributed by atoms with van der Waals surface area (Å²) < 4.78 is 1.81. The van der Waals surface area contributed by atoms with Crippen molar-refractivity contribution in [2.24, 2.45) is 5.92 Å². The van der Waals surface area contributed by atoms with Crippen LogP contribution < -0.4 is 5.32 Å². The molecule has 0 unspecified atom stereocenters. The topological polar surface area (TPSA) is 46.9 Å². The third-order valence-electron chi connectivity index (χ3n) is 2.80. The number of aromatic nitrogens is 2. The molecule has 0 bridgehead atoms. The number of nitrogens with zero attached hydrogens (tertiary/aromatic N) is 2. The summed E-state index contributed by atoms with van der Waals surface area (Å²) in [5, 5.41) is 7.77. The van der Waals surface area contributed by atoms with Crippen molar-refractivity contribution in [3.8, 4) is 0 Å². The van der Waals surface area contributed by atoms with E-state index in [2.05, 4.69) is 24.3 Å². The second-order valence-electron chi connectivity index (χ2n) is 5.14. The second kappa shape index (κ2) is 6.57. The van der Waals surface area contributed by atoms with Crippen LogP contribution in [0.5, 0.6) is 0 Å². The van der Waals surface area contributed by atoms with Crippen LogP contribution in [-0.2, 0) is 17.8 Å². The first-order chi connectivity index (χ1) is 9.54. The lowest BCUT2D eigenvalue weighted by Gasteiger charge is -2.11. The van der Waals surface area contributed by atoms with Crippen LogP contribution in [0.1, 0.15) is 19.4 Å². The number of carbonyl (C=O) groups is 1. The SMILES string of the molecule is CC(C)Cn1nccc1NC(=O)Cc1ccc(Cl)cc1. The lowest BCUT2D eigenvalue weighted by molar-refractivity contribution is -0.115. The average Bonchev–Trinajstić information content (AvgIpc) is 2.78. The number of rotatable bonds is 5. The van der Waals surface area contributed by atoms with Crippen molar-refractivity contribution < 1.29 is 4.79 Å². The molecule has 5 heteroatoms. The van der Waals surface area contributed by atoms with Gasteiger partial charge in [0.1, 0.15) is 5.82 Å². The quantitative estimate of drug-likeness (QED) is 0.918. The van der Waals surface area contributed by atoms with Crippen molar-refractivity contribution in [3.05, 3.63) is 47.1 Å². The van der Waals surface area contributed by atoms with E-state index in [1.54, 1.807) is 18.3 Å². The second-order valence-corrected chi connectivity index (χ2v) is 5.58. The van der Waals surface area contributed by atoms with Gasteiger partial charge >= 0.3 is 0 Å². The van der Waals surface area contributed by atoms with Crippen LogP contribution in [0.25, 0.3) is 0 Å². The molecule has 0 atom stereocenters. The van der Waals surface area contributed by atoms with E-state index in [0.717, 1.165) is 17.9 Å². The minimum Gasteiger partial charge on any atom is -0.311 e. The summed E-state index contributed by atoms with van der Waals surface area (Å²) in [5.74, 6) is 1.15. The summed E-state index contributed by atoms with van der Waals surface area (Å²) in [6, 6.07) is 9.09. The van der Waals surface area contributed by atoms with Crippen LogP contribution in [0.2, 0.25) is 5.02 Å². The number of benzene rings is 1. The molecule has 0 radical (unpaired) electrons. The Labute approximate surface area is 123 Å². The number of halogens is 1. The van der Waals surface area contributed by atoms with Crippen LogP contribution in [0.3, 0.4) is 0 Å². The van der Waals surface area contributed by atoms with Crippen LogP contribution >= 0.6 is 11.6 Å². The van der Waals surface area contributed by atoms with Crippen LogP contribution in [-0.4, -0.2) is 15.7 Å². The third kappa shape index (κ3) is 4.10. The van der Waals surface area contributed by atoms with Gasteiger partial charge in [-0.2, -0.15) is 5.10 Å². The maximum Gasteiger partial charge on any atom is 0.229 e. The molecular weight excluding hydrogens is 274 g/mol. The van der Waals surface area contributed by atoms with E-state index in [9.17, 15) is 4.79 Å². The van der Waals surface area contributed by atoms with Gasteiger partial charge in [-0.05, 0) is 23.6 Å². The summed E-state index contributed by atoms with van der Waals surface area (Å²) in [4.78, 5) is 12.0. The van der Waals surface area contributed by atoms with E-state index >= 15 is 0 Å². The fraction of sp³-hybridized carbons (Fsp3) is 0.333. The van der Waals surface area contributed by atoms with Gasteiger partial charge < -0.3 is 5.32 Å². The molecule has 1 amide bonds. The Bertz CT molecular complexity index is 575. The highest BCUT2D eigenvalue weighted by molar-refractivity contribution is 6.30. The first-order valence-corrected chi connectivity index (χ1v) is 6.98. The molecule has 0 saturated carbocycles. The fourth-order valence-electron chi connectivity index (χ4n) is 1.90. The summed E-state index contributed by atoms with van der Waals surface area (Å²) in [6.07, 6.45) is 2.02. The highest BCUT2D eigenvalue weighted by Gasteiger charge is 2.09. The van der Waals surface area contributed by atoms with Crippen LogP contribution in [0, 0.1) is 5.92 Å². The van der Waals surface area contributed by atoms with Crippen molar-refractivity contribution in [2.75, 3.05) is 5.32 Å². The first kappa shape index (κ1) is 14.6. The normalized spacial score (nSPS) is 10.8. The molecule has 0 aliphatic carbocycles.